The second-order valence-corrected chi connectivity index (χ2v) is 17.0. The Morgan fingerprint density at radius 1 is 0.580 bits per heavy atom. The molecule has 4 aromatic rings. The van der Waals surface area contributed by atoms with Crippen LogP contribution in [0.25, 0.3) is 0 Å². The molecule has 0 unspecified atom stereocenters. The maximum Gasteiger partial charge on any atom is 0.218 e. The molecule has 3 aliphatic rings. The van der Waals surface area contributed by atoms with E-state index in [1.165, 1.54) is 50.8 Å². The summed E-state index contributed by atoms with van der Waals surface area (Å²) < 4.78 is 4.51. The van der Waals surface area contributed by atoms with Gasteiger partial charge in [0.2, 0.25) is 17.1 Å². The fourth-order valence-corrected chi connectivity index (χ4v) is 8.76. The highest BCUT2D eigenvalue weighted by molar-refractivity contribution is 9.10. The van der Waals surface area contributed by atoms with Crippen LogP contribution in [0, 0.1) is 0 Å². The summed E-state index contributed by atoms with van der Waals surface area (Å²) in [5.41, 5.74) is 13.0. The Morgan fingerprint density at radius 2 is 0.960 bits per heavy atom. The van der Waals surface area contributed by atoms with E-state index in [0.29, 0.717) is 0 Å². The lowest BCUT2D eigenvalue weighted by atomic mass is 9.83. The second kappa shape index (κ2) is 13.3. The highest BCUT2D eigenvalue weighted by atomic mass is 79.9. The third-order valence-electron chi connectivity index (χ3n) is 10.5. The summed E-state index contributed by atoms with van der Waals surface area (Å²) in [6, 6.07) is 29.6. The van der Waals surface area contributed by atoms with E-state index in [2.05, 4.69) is 185 Å². The van der Waals surface area contributed by atoms with Crippen LogP contribution < -0.4 is 14.4 Å². The SMILES string of the molecule is CN1/C(=C/C=C2\CC/C(=C\C=C3\N(C)c4ccc(Cl)cc4C3(C)C)C2=[N+](c2ccc(Br)cc2)c2ccc(Br)cc2)C(C)(C)c2cc(Cl)ccc21. The monoisotopic (exact) mass is 826 g/mol. The van der Waals surface area contributed by atoms with Crippen molar-refractivity contribution in [1.82, 2.24) is 4.58 Å². The minimum Gasteiger partial charge on any atom is -0.347 e. The Hall–Kier alpha value is -3.35. The molecule has 50 heavy (non-hydrogen) atoms. The smallest absolute Gasteiger partial charge is 0.218 e. The van der Waals surface area contributed by atoms with Crippen molar-refractivity contribution < 1.29 is 0 Å². The van der Waals surface area contributed by atoms with Crippen molar-refractivity contribution in [2.45, 2.75) is 51.4 Å². The first kappa shape index (κ1) is 35.1. The zero-order valence-corrected chi connectivity index (χ0v) is 33.8. The minimum absolute atomic E-state index is 0.193. The maximum atomic E-state index is 6.48. The third-order valence-corrected chi connectivity index (χ3v) is 12.1. The number of benzene rings is 4. The number of halogens is 4. The summed E-state index contributed by atoms with van der Waals surface area (Å²) in [6.07, 6.45) is 11.2. The van der Waals surface area contributed by atoms with Gasteiger partial charge in [0.15, 0.2) is 0 Å². The van der Waals surface area contributed by atoms with Crippen LogP contribution in [0.15, 0.2) is 141 Å². The molecule has 254 valence electrons. The fourth-order valence-electron chi connectivity index (χ4n) is 7.89. The van der Waals surface area contributed by atoms with Crippen molar-refractivity contribution in [3.63, 3.8) is 0 Å². The average Bonchev–Trinajstić information content (AvgIpc) is 3.62. The van der Waals surface area contributed by atoms with Crippen molar-refractivity contribution in [3.05, 3.63) is 162 Å². The van der Waals surface area contributed by atoms with Crippen LogP contribution in [0.2, 0.25) is 10.0 Å². The zero-order chi connectivity index (χ0) is 35.5. The van der Waals surface area contributed by atoms with Gasteiger partial charge in [0.05, 0.1) is 0 Å². The van der Waals surface area contributed by atoms with Gasteiger partial charge in [-0.05, 0) is 96.8 Å². The summed E-state index contributed by atoms with van der Waals surface area (Å²) >= 11 is 20.3. The van der Waals surface area contributed by atoms with E-state index in [4.69, 9.17) is 23.2 Å². The zero-order valence-electron chi connectivity index (χ0n) is 29.2. The minimum atomic E-state index is -0.193. The number of hydrogen-bond donors (Lipinski definition) is 0. The lowest BCUT2D eigenvalue weighted by Crippen LogP contribution is -2.23. The maximum absolute atomic E-state index is 6.48. The quantitative estimate of drug-likeness (QED) is 0.190. The van der Waals surface area contributed by atoms with Gasteiger partial charge in [0.1, 0.15) is 0 Å². The van der Waals surface area contributed by atoms with Crippen molar-refractivity contribution in [2.75, 3.05) is 23.9 Å². The summed E-state index contributed by atoms with van der Waals surface area (Å²) in [7, 11) is 4.31. The van der Waals surface area contributed by atoms with E-state index in [1.807, 2.05) is 12.1 Å². The van der Waals surface area contributed by atoms with Gasteiger partial charge in [-0.3, -0.25) is 0 Å². The summed E-state index contributed by atoms with van der Waals surface area (Å²) in [5.74, 6) is 0. The molecule has 4 aromatic carbocycles. The van der Waals surface area contributed by atoms with Crippen LogP contribution in [0.1, 0.15) is 51.7 Å². The Labute approximate surface area is 323 Å². The van der Waals surface area contributed by atoms with Crippen LogP contribution in [-0.4, -0.2) is 19.8 Å². The number of anilines is 2. The molecular weight excluding hydrogens is 789 g/mol. The van der Waals surface area contributed by atoms with Crippen molar-refractivity contribution in [2.24, 2.45) is 0 Å². The van der Waals surface area contributed by atoms with Crippen LogP contribution >= 0.6 is 55.1 Å². The fraction of sp³-hybridized carbons (Fsp3) is 0.233. The molecule has 7 rings (SSSR count). The van der Waals surface area contributed by atoms with Gasteiger partial charge in [-0.2, -0.15) is 4.58 Å². The number of fused-ring (bicyclic) bond motifs is 2. The molecule has 0 atom stereocenters. The van der Waals surface area contributed by atoms with Gasteiger partial charge < -0.3 is 9.80 Å². The Kier molecular flexibility index (Phi) is 9.34. The Bertz CT molecular complexity index is 2020. The number of likely N-dealkylation sites (N-methyl/N-ethyl adjacent to an activating group) is 2. The van der Waals surface area contributed by atoms with E-state index in [-0.39, 0.29) is 10.8 Å². The van der Waals surface area contributed by atoms with Crippen LogP contribution in [0.3, 0.4) is 0 Å². The van der Waals surface area contributed by atoms with Gasteiger partial charge in [-0.25, -0.2) is 0 Å². The summed E-state index contributed by atoms with van der Waals surface area (Å²) in [4.78, 5) is 4.61. The molecule has 2 heterocycles. The van der Waals surface area contributed by atoms with E-state index in [9.17, 15) is 0 Å². The van der Waals surface area contributed by atoms with Gasteiger partial charge in [-0.1, -0.05) is 94.9 Å². The highest BCUT2D eigenvalue weighted by Crippen LogP contribution is 2.49. The number of rotatable bonds is 4. The lowest BCUT2D eigenvalue weighted by Gasteiger charge is -2.24. The normalized spacial score (nSPS) is 20.8. The molecule has 0 N–H and O–H groups in total. The van der Waals surface area contributed by atoms with E-state index in [1.54, 1.807) is 0 Å². The number of allylic oxidation sites excluding steroid dienone is 8. The molecule has 7 heteroatoms. The first-order chi connectivity index (χ1) is 23.8. The first-order valence-electron chi connectivity index (χ1n) is 16.9. The molecule has 0 spiro atoms. The Morgan fingerprint density at radius 3 is 1.34 bits per heavy atom. The third kappa shape index (κ3) is 6.15. The molecule has 0 bridgehead atoms. The summed E-state index contributed by atoms with van der Waals surface area (Å²) in [6.45, 7) is 9.14. The molecule has 1 fully saturated rings. The molecule has 1 aliphatic carbocycles. The Balaban J connectivity index is 1.43. The molecule has 0 amide bonds. The van der Waals surface area contributed by atoms with Crippen LogP contribution in [0.5, 0.6) is 0 Å². The number of nitrogens with zero attached hydrogens (tertiary/aromatic N) is 3. The van der Waals surface area contributed by atoms with E-state index < -0.39 is 0 Å². The average molecular weight is 830 g/mol. The first-order valence-corrected chi connectivity index (χ1v) is 19.2. The number of hydrogen-bond acceptors (Lipinski definition) is 2. The molecule has 0 radical (unpaired) electrons. The molecule has 0 aromatic heterocycles. The van der Waals surface area contributed by atoms with Gasteiger partial charge in [-0.15, -0.1) is 0 Å². The van der Waals surface area contributed by atoms with Gasteiger partial charge >= 0.3 is 0 Å². The van der Waals surface area contributed by atoms with Gasteiger partial charge in [0, 0.05) is 102 Å². The van der Waals surface area contributed by atoms with Crippen molar-refractivity contribution >= 4 is 83.5 Å². The van der Waals surface area contributed by atoms with Gasteiger partial charge in [0.25, 0.3) is 0 Å². The predicted molar refractivity (Wildman–Crippen MR) is 222 cm³/mol. The van der Waals surface area contributed by atoms with Crippen molar-refractivity contribution in [1.29, 1.82) is 0 Å². The van der Waals surface area contributed by atoms with E-state index in [0.717, 1.165) is 43.2 Å². The topological polar surface area (TPSA) is 9.49 Å². The largest absolute Gasteiger partial charge is 0.347 e. The molecule has 1 saturated carbocycles. The molecule has 3 nitrogen and oxygen atoms in total. The summed E-state index contributed by atoms with van der Waals surface area (Å²) in [5, 5.41) is 1.53. The molecular formula is C43H40Br2Cl2N3+. The van der Waals surface area contributed by atoms with Crippen molar-refractivity contribution in [3.8, 4) is 0 Å². The second-order valence-electron chi connectivity index (χ2n) is 14.3. The molecule has 0 saturated heterocycles. The highest BCUT2D eigenvalue weighted by Gasteiger charge is 2.40. The lowest BCUT2D eigenvalue weighted by molar-refractivity contribution is 0.640. The van der Waals surface area contributed by atoms with Crippen LogP contribution in [-0.2, 0) is 10.8 Å². The standard InChI is InChI=1S/C43H40Br2Cl2N3/c1-42(2)35-25-31(46)15-21-37(35)48(5)39(42)23-9-27-7-8-28(10-24-40-43(3,4)36-26-32(47)16-22-38(36)49(40)6)41(27)50(33-17-11-29(44)12-18-33)34-19-13-30(45)14-20-34/h9-26H,7-8H2,1-6H3/q+1. The molecule has 2 aliphatic heterocycles. The van der Waals surface area contributed by atoms with E-state index >= 15 is 0 Å². The van der Waals surface area contributed by atoms with Crippen LogP contribution in [0.4, 0.5) is 22.7 Å². The predicted octanol–water partition coefficient (Wildman–Crippen LogP) is 13.1.